The van der Waals surface area contributed by atoms with Gasteiger partial charge in [0.15, 0.2) is 0 Å². The van der Waals surface area contributed by atoms with E-state index < -0.39 is 0 Å². The van der Waals surface area contributed by atoms with Crippen LogP contribution in [0, 0.1) is 26.2 Å². The van der Waals surface area contributed by atoms with Crippen molar-refractivity contribution in [2.45, 2.75) is 26.9 Å². The Bertz CT molecular complexity index is 947. The van der Waals surface area contributed by atoms with Crippen molar-refractivity contribution in [2.75, 3.05) is 0 Å². The molecule has 4 heteroatoms. The zero-order valence-corrected chi connectivity index (χ0v) is 13.8. The highest BCUT2D eigenvalue weighted by Gasteiger charge is 2.13. The standard InChI is InChI=1S/C20H19N3O/c1-4-11-23-18-8-6-5-7-17(18)22-19(23)13-21-20(24)16-10-9-14(2)12-15(16)3/h1,5-10,12H,11,13H2,2-3H3,(H,21,24). The van der Waals surface area contributed by atoms with E-state index in [0.717, 1.165) is 28.0 Å². The molecule has 24 heavy (non-hydrogen) atoms. The maximum absolute atomic E-state index is 12.4. The van der Waals surface area contributed by atoms with Gasteiger partial charge < -0.3 is 9.88 Å². The molecule has 0 aliphatic carbocycles. The van der Waals surface area contributed by atoms with Crippen molar-refractivity contribution in [3.05, 3.63) is 65.0 Å². The number of hydrogen-bond donors (Lipinski definition) is 1. The third-order valence-electron chi connectivity index (χ3n) is 4.02. The smallest absolute Gasteiger partial charge is 0.251 e. The first-order chi connectivity index (χ1) is 11.6. The summed E-state index contributed by atoms with van der Waals surface area (Å²) in [4.78, 5) is 17.0. The van der Waals surface area contributed by atoms with Gasteiger partial charge in [-0.05, 0) is 37.6 Å². The van der Waals surface area contributed by atoms with Crippen LogP contribution in [0.5, 0.6) is 0 Å². The van der Waals surface area contributed by atoms with Crippen molar-refractivity contribution in [2.24, 2.45) is 0 Å². The first-order valence-electron chi connectivity index (χ1n) is 7.83. The van der Waals surface area contributed by atoms with Gasteiger partial charge in [0.2, 0.25) is 0 Å². The Hall–Kier alpha value is -3.06. The van der Waals surface area contributed by atoms with E-state index in [1.54, 1.807) is 0 Å². The third-order valence-corrected chi connectivity index (χ3v) is 4.02. The van der Waals surface area contributed by atoms with Gasteiger partial charge in [-0.2, -0.15) is 0 Å². The summed E-state index contributed by atoms with van der Waals surface area (Å²) >= 11 is 0. The summed E-state index contributed by atoms with van der Waals surface area (Å²) < 4.78 is 1.96. The predicted octanol–water partition coefficient (Wildman–Crippen LogP) is 3.22. The highest BCUT2D eigenvalue weighted by molar-refractivity contribution is 5.95. The molecule has 0 radical (unpaired) electrons. The summed E-state index contributed by atoms with van der Waals surface area (Å²) in [6, 6.07) is 13.6. The summed E-state index contributed by atoms with van der Waals surface area (Å²) in [7, 11) is 0. The first kappa shape index (κ1) is 15.8. The summed E-state index contributed by atoms with van der Waals surface area (Å²) in [5, 5.41) is 2.94. The molecule has 3 rings (SSSR count). The summed E-state index contributed by atoms with van der Waals surface area (Å²) in [5.74, 6) is 3.30. The molecule has 0 saturated heterocycles. The van der Waals surface area contributed by atoms with Crippen molar-refractivity contribution >= 4 is 16.9 Å². The SMILES string of the molecule is C#CCn1c(CNC(=O)c2ccc(C)cc2C)nc2ccccc21. The average molecular weight is 317 g/mol. The molecule has 0 aliphatic heterocycles. The Morgan fingerprint density at radius 1 is 1.25 bits per heavy atom. The maximum Gasteiger partial charge on any atom is 0.251 e. The number of terminal acetylenes is 1. The van der Waals surface area contributed by atoms with Gasteiger partial charge in [-0.3, -0.25) is 4.79 Å². The molecule has 0 spiro atoms. The number of imidazole rings is 1. The molecule has 4 nitrogen and oxygen atoms in total. The Morgan fingerprint density at radius 3 is 2.79 bits per heavy atom. The topological polar surface area (TPSA) is 46.9 Å². The number of aryl methyl sites for hydroxylation is 2. The van der Waals surface area contributed by atoms with Crippen molar-refractivity contribution < 1.29 is 4.79 Å². The largest absolute Gasteiger partial charge is 0.345 e. The van der Waals surface area contributed by atoms with Gasteiger partial charge in [-0.25, -0.2) is 4.98 Å². The van der Waals surface area contributed by atoms with E-state index in [0.29, 0.717) is 18.7 Å². The Kier molecular flexibility index (Phi) is 4.35. The number of carbonyl (C=O) groups is 1. The second-order valence-electron chi connectivity index (χ2n) is 5.81. The van der Waals surface area contributed by atoms with Crippen LogP contribution < -0.4 is 5.32 Å². The molecule has 2 aromatic carbocycles. The molecule has 0 saturated carbocycles. The van der Waals surface area contributed by atoms with Crippen LogP contribution in [0.3, 0.4) is 0 Å². The van der Waals surface area contributed by atoms with Gasteiger partial charge in [-0.1, -0.05) is 35.7 Å². The van der Waals surface area contributed by atoms with Crippen molar-refractivity contribution in [1.29, 1.82) is 0 Å². The highest BCUT2D eigenvalue weighted by Crippen LogP contribution is 2.16. The fourth-order valence-corrected chi connectivity index (χ4v) is 2.85. The van der Waals surface area contributed by atoms with E-state index >= 15 is 0 Å². The van der Waals surface area contributed by atoms with Crippen LogP contribution in [0.25, 0.3) is 11.0 Å². The second-order valence-corrected chi connectivity index (χ2v) is 5.81. The molecule has 120 valence electrons. The number of para-hydroxylation sites is 2. The number of nitrogens with zero attached hydrogens (tertiary/aromatic N) is 2. The zero-order chi connectivity index (χ0) is 17.1. The van der Waals surface area contributed by atoms with E-state index in [2.05, 4.69) is 16.2 Å². The number of hydrogen-bond acceptors (Lipinski definition) is 2. The summed E-state index contributed by atoms with van der Waals surface area (Å²) in [5.41, 5.74) is 4.64. The van der Waals surface area contributed by atoms with E-state index in [-0.39, 0.29) is 5.91 Å². The highest BCUT2D eigenvalue weighted by atomic mass is 16.1. The number of fused-ring (bicyclic) bond motifs is 1. The number of aromatic nitrogens is 2. The van der Waals surface area contributed by atoms with Gasteiger partial charge in [0.05, 0.1) is 24.1 Å². The molecule has 1 N–H and O–H groups in total. The quantitative estimate of drug-likeness (QED) is 0.751. The molecule has 1 aromatic heterocycles. The minimum atomic E-state index is -0.105. The Labute approximate surface area is 141 Å². The van der Waals surface area contributed by atoms with Crippen molar-refractivity contribution in [1.82, 2.24) is 14.9 Å². The lowest BCUT2D eigenvalue weighted by Crippen LogP contribution is -2.25. The van der Waals surface area contributed by atoms with E-state index in [9.17, 15) is 4.79 Å². The van der Waals surface area contributed by atoms with Crippen LogP contribution >= 0.6 is 0 Å². The third kappa shape index (κ3) is 3.02. The number of carbonyl (C=O) groups excluding carboxylic acids is 1. The van der Waals surface area contributed by atoms with Gasteiger partial charge >= 0.3 is 0 Å². The van der Waals surface area contributed by atoms with E-state index in [4.69, 9.17) is 6.42 Å². The van der Waals surface area contributed by atoms with E-state index in [1.807, 2.05) is 60.9 Å². The number of benzene rings is 2. The molecule has 1 amide bonds. The van der Waals surface area contributed by atoms with Gasteiger partial charge in [0.1, 0.15) is 5.82 Å². The Morgan fingerprint density at radius 2 is 2.04 bits per heavy atom. The average Bonchev–Trinajstić information content (AvgIpc) is 2.91. The second kappa shape index (κ2) is 6.59. The summed E-state index contributed by atoms with van der Waals surface area (Å²) in [6.07, 6.45) is 5.47. The lowest BCUT2D eigenvalue weighted by Gasteiger charge is -2.09. The van der Waals surface area contributed by atoms with Crippen LogP contribution in [-0.2, 0) is 13.1 Å². The van der Waals surface area contributed by atoms with Crippen LogP contribution in [-0.4, -0.2) is 15.5 Å². The van der Waals surface area contributed by atoms with Gasteiger partial charge in [0, 0.05) is 5.56 Å². The molecule has 0 atom stereocenters. The van der Waals surface area contributed by atoms with Crippen LogP contribution in [0.4, 0.5) is 0 Å². The molecular weight excluding hydrogens is 298 g/mol. The predicted molar refractivity (Wildman–Crippen MR) is 95.7 cm³/mol. The maximum atomic E-state index is 12.4. The minimum Gasteiger partial charge on any atom is -0.345 e. The molecule has 0 fully saturated rings. The van der Waals surface area contributed by atoms with Crippen LogP contribution in [0.2, 0.25) is 0 Å². The number of nitrogens with one attached hydrogen (secondary N) is 1. The molecule has 0 aliphatic rings. The lowest BCUT2D eigenvalue weighted by molar-refractivity contribution is 0.0949. The fraction of sp³-hybridized carbons (Fsp3) is 0.200. The monoisotopic (exact) mass is 317 g/mol. The van der Waals surface area contributed by atoms with Crippen LogP contribution in [0.15, 0.2) is 42.5 Å². The minimum absolute atomic E-state index is 0.105. The molecule has 0 unspecified atom stereocenters. The van der Waals surface area contributed by atoms with Crippen molar-refractivity contribution in [3.63, 3.8) is 0 Å². The van der Waals surface area contributed by atoms with Crippen LogP contribution in [0.1, 0.15) is 27.3 Å². The number of rotatable bonds is 4. The molecule has 1 heterocycles. The van der Waals surface area contributed by atoms with Crippen molar-refractivity contribution in [3.8, 4) is 12.3 Å². The van der Waals surface area contributed by atoms with E-state index in [1.165, 1.54) is 0 Å². The zero-order valence-electron chi connectivity index (χ0n) is 13.8. The molecule has 3 aromatic rings. The normalized spacial score (nSPS) is 10.5. The molecule has 0 bridgehead atoms. The van der Waals surface area contributed by atoms with Gasteiger partial charge in [0.25, 0.3) is 5.91 Å². The summed E-state index contributed by atoms with van der Waals surface area (Å²) in [6.45, 7) is 4.71. The fourth-order valence-electron chi connectivity index (χ4n) is 2.85. The number of amides is 1. The first-order valence-corrected chi connectivity index (χ1v) is 7.83. The van der Waals surface area contributed by atoms with Gasteiger partial charge in [-0.15, -0.1) is 6.42 Å². The lowest BCUT2D eigenvalue weighted by atomic mass is 10.1. The Balaban J connectivity index is 1.84. The molecular formula is C20H19N3O.